The topological polar surface area (TPSA) is 69.0 Å². The third-order valence-corrected chi connectivity index (χ3v) is 5.93. The predicted molar refractivity (Wildman–Crippen MR) is 126 cm³/mol. The summed E-state index contributed by atoms with van der Waals surface area (Å²) in [5, 5.41) is 2.23. The summed E-state index contributed by atoms with van der Waals surface area (Å²) >= 11 is 0. The number of nitrogens with zero attached hydrogens (tertiary/aromatic N) is 1. The second-order valence-corrected chi connectivity index (χ2v) is 8.57. The van der Waals surface area contributed by atoms with Gasteiger partial charge in [0.15, 0.2) is 0 Å². The van der Waals surface area contributed by atoms with Crippen LogP contribution in [0.4, 0.5) is 0 Å². The average molecular weight is 443 g/mol. The van der Waals surface area contributed by atoms with Gasteiger partial charge in [-0.25, -0.2) is 4.79 Å². The highest BCUT2D eigenvalue weighted by Gasteiger charge is 2.33. The SMILES string of the molecule is CC(C)OC(=O)[C@H](Cc1ccccc1)N1COc2ccc3c(oc(=O)c4ccccc43)c2C1. The van der Waals surface area contributed by atoms with Gasteiger partial charge in [0.25, 0.3) is 0 Å². The Morgan fingerprint density at radius 2 is 1.70 bits per heavy atom. The van der Waals surface area contributed by atoms with E-state index < -0.39 is 6.04 Å². The third kappa shape index (κ3) is 4.10. The number of hydrogen-bond donors (Lipinski definition) is 0. The molecule has 0 aliphatic carbocycles. The molecule has 33 heavy (non-hydrogen) atoms. The highest BCUT2D eigenvalue weighted by atomic mass is 16.5. The maximum Gasteiger partial charge on any atom is 0.344 e. The van der Waals surface area contributed by atoms with Crippen LogP contribution in [0.25, 0.3) is 21.7 Å². The molecule has 0 saturated carbocycles. The number of esters is 1. The molecule has 3 aromatic carbocycles. The second kappa shape index (κ2) is 8.71. The number of hydrogen-bond acceptors (Lipinski definition) is 6. The molecule has 168 valence electrons. The molecule has 4 aromatic rings. The van der Waals surface area contributed by atoms with E-state index in [9.17, 15) is 9.59 Å². The quantitative estimate of drug-likeness (QED) is 0.254. The molecule has 1 aliphatic heterocycles. The van der Waals surface area contributed by atoms with Gasteiger partial charge in [-0.1, -0.05) is 48.5 Å². The van der Waals surface area contributed by atoms with Crippen molar-refractivity contribution in [1.82, 2.24) is 4.90 Å². The maximum absolute atomic E-state index is 13.1. The van der Waals surface area contributed by atoms with Gasteiger partial charge in [-0.2, -0.15) is 0 Å². The third-order valence-electron chi connectivity index (χ3n) is 5.93. The van der Waals surface area contributed by atoms with Gasteiger partial charge >= 0.3 is 11.6 Å². The number of rotatable bonds is 5. The zero-order valence-corrected chi connectivity index (χ0v) is 18.6. The summed E-state index contributed by atoms with van der Waals surface area (Å²) in [7, 11) is 0. The molecule has 1 aliphatic rings. The summed E-state index contributed by atoms with van der Waals surface area (Å²) < 4.78 is 17.4. The van der Waals surface area contributed by atoms with Crippen LogP contribution < -0.4 is 10.4 Å². The predicted octanol–water partition coefficient (Wildman–Crippen LogP) is 4.66. The molecule has 2 heterocycles. The van der Waals surface area contributed by atoms with E-state index in [1.807, 2.05) is 79.4 Å². The molecule has 1 atom stereocenters. The van der Waals surface area contributed by atoms with Crippen LogP contribution in [0.5, 0.6) is 5.75 Å². The Bertz CT molecular complexity index is 1380. The molecule has 0 unspecified atom stereocenters. The Balaban J connectivity index is 1.56. The van der Waals surface area contributed by atoms with E-state index in [1.54, 1.807) is 6.07 Å². The zero-order chi connectivity index (χ0) is 22.9. The van der Waals surface area contributed by atoms with Gasteiger partial charge in [0.2, 0.25) is 0 Å². The highest BCUT2D eigenvalue weighted by molar-refractivity contribution is 6.05. The van der Waals surface area contributed by atoms with E-state index in [2.05, 4.69) is 0 Å². The first-order valence-corrected chi connectivity index (χ1v) is 11.1. The van der Waals surface area contributed by atoms with Crippen molar-refractivity contribution in [3.8, 4) is 5.75 Å². The summed E-state index contributed by atoms with van der Waals surface area (Å²) in [6, 6.07) is 20.5. The normalized spacial score (nSPS) is 14.8. The van der Waals surface area contributed by atoms with Crippen molar-refractivity contribution in [3.05, 3.63) is 88.3 Å². The number of benzene rings is 3. The Kier molecular flexibility index (Phi) is 5.60. The smallest absolute Gasteiger partial charge is 0.344 e. The molecule has 0 spiro atoms. The first-order valence-electron chi connectivity index (χ1n) is 11.1. The molecule has 0 fully saturated rings. The van der Waals surface area contributed by atoms with Crippen LogP contribution in [0.1, 0.15) is 25.0 Å². The molecular weight excluding hydrogens is 418 g/mol. The van der Waals surface area contributed by atoms with Crippen LogP contribution in [-0.2, 0) is 22.5 Å². The molecule has 0 saturated heterocycles. The van der Waals surface area contributed by atoms with Crippen molar-refractivity contribution >= 4 is 27.7 Å². The lowest BCUT2D eigenvalue weighted by molar-refractivity contribution is -0.156. The van der Waals surface area contributed by atoms with E-state index in [1.165, 1.54) is 0 Å². The summed E-state index contributed by atoms with van der Waals surface area (Å²) in [6.07, 6.45) is 0.266. The fourth-order valence-electron chi connectivity index (χ4n) is 4.38. The van der Waals surface area contributed by atoms with Crippen molar-refractivity contribution in [2.24, 2.45) is 0 Å². The average Bonchev–Trinajstić information content (AvgIpc) is 2.82. The van der Waals surface area contributed by atoms with E-state index in [4.69, 9.17) is 13.9 Å². The molecule has 5 rings (SSSR count). The van der Waals surface area contributed by atoms with Crippen LogP contribution >= 0.6 is 0 Å². The molecule has 0 radical (unpaired) electrons. The van der Waals surface area contributed by atoms with Crippen molar-refractivity contribution < 1.29 is 18.7 Å². The maximum atomic E-state index is 13.1. The lowest BCUT2D eigenvalue weighted by atomic mass is 10.0. The lowest BCUT2D eigenvalue weighted by Crippen LogP contribution is -2.47. The fraction of sp³-hybridized carbons (Fsp3) is 0.259. The van der Waals surface area contributed by atoms with Crippen LogP contribution in [-0.4, -0.2) is 29.7 Å². The fourth-order valence-corrected chi connectivity index (χ4v) is 4.38. The van der Waals surface area contributed by atoms with Crippen molar-refractivity contribution in [2.45, 2.75) is 39.0 Å². The Hall–Kier alpha value is -3.64. The molecule has 6 heteroatoms. The number of fused-ring (bicyclic) bond motifs is 5. The van der Waals surface area contributed by atoms with E-state index >= 15 is 0 Å². The summed E-state index contributed by atoms with van der Waals surface area (Å²) in [6.45, 7) is 4.32. The molecule has 0 amide bonds. The van der Waals surface area contributed by atoms with Gasteiger partial charge in [0, 0.05) is 11.9 Å². The van der Waals surface area contributed by atoms with E-state index in [0.717, 1.165) is 21.9 Å². The van der Waals surface area contributed by atoms with Gasteiger partial charge < -0.3 is 13.9 Å². The van der Waals surface area contributed by atoms with E-state index in [-0.39, 0.29) is 24.4 Å². The Morgan fingerprint density at radius 3 is 2.45 bits per heavy atom. The zero-order valence-electron chi connectivity index (χ0n) is 18.6. The summed E-state index contributed by atoms with van der Waals surface area (Å²) in [4.78, 5) is 27.7. The van der Waals surface area contributed by atoms with Crippen LogP contribution in [0.2, 0.25) is 0 Å². The van der Waals surface area contributed by atoms with Gasteiger partial charge in [-0.3, -0.25) is 9.69 Å². The van der Waals surface area contributed by atoms with Gasteiger partial charge in [0.05, 0.1) is 17.1 Å². The minimum absolute atomic E-state index is 0.223. The van der Waals surface area contributed by atoms with Crippen molar-refractivity contribution in [2.75, 3.05) is 6.73 Å². The monoisotopic (exact) mass is 443 g/mol. The minimum Gasteiger partial charge on any atom is -0.478 e. The minimum atomic E-state index is -0.537. The molecular formula is C27H25NO5. The summed E-state index contributed by atoms with van der Waals surface area (Å²) in [5.74, 6) is 0.362. The van der Waals surface area contributed by atoms with E-state index in [0.29, 0.717) is 29.7 Å². The number of carbonyl (C=O) groups excluding carboxylic acids is 1. The van der Waals surface area contributed by atoms with Crippen LogP contribution in [0, 0.1) is 0 Å². The second-order valence-electron chi connectivity index (χ2n) is 8.57. The van der Waals surface area contributed by atoms with Crippen LogP contribution in [0.3, 0.4) is 0 Å². The van der Waals surface area contributed by atoms with Crippen molar-refractivity contribution in [3.63, 3.8) is 0 Å². The van der Waals surface area contributed by atoms with Gasteiger partial charge in [-0.05, 0) is 49.4 Å². The Labute approximate surface area is 191 Å². The summed E-state index contributed by atoms with van der Waals surface area (Å²) in [5.41, 5.74) is 1.90. The number of ether oxygens (including phenoxy) is 2. The first-order chi connectivity index (χ1) is 16.0. The lowest BCUT2D eigenvalue weighted by Gasteiger charge is -2.34. The van der Waals surface area contributed by atoms with Crippen LogP contribution in [0.15, 0.2) is 75.9 Å². The molecule has 0 bridgehead atoms. The molecule has 1 aromatic heterocycles. The molecule has 6 nitrogen and oxygen atoms in total. The highest BCUT2D eigenvalue weighted by Crippen LogP contribution is 2.35. The Morgan fingerprint density at radius 1 is 0.970 bits per heavy atom. The number of carbonyl (C=O) groups is 1. The van der Waals surface area contributed by atoms with Gasteiger partial charge in [-0.15, -0.1) is 0 Å². The first kappa shape index (κ1) is 21.2. The standard InChI is InChI=1S/C27H25NO5/c1-17(2)32-27(30)23(14-18-8-4-3-5-9-18)28-15-22-24(31-16-28)13-12-20-19-10-6-7-11-21(19)26(29)33-25(20)22/h3-13,17,23H,14-16H2,1-2H3/t23-/m0/s1. The largest absolute Gasteiger partial charge is 0.478 e. The van der Waals surface area contributed by atoms with Gasteiger partial charge in [0.1, 0.15) is 24.1 Å². The molecule has 0 N–H and O–H groups in total. The van der Waals surface area contributed by atoms with Crippen molar-refractivity contribution in [1.29, 1.82) is 0 Å².